The number of hydrogen-bond acceptors (Lipinski definition) is 4. The number of anilines is 2. The van der Waals surface area contributed by atoms with Gasteiger partial charge in [0.25, 0.3) is 0 Å². The zero-order valence-electron chi connectivity index (χ0n) is 17.0. The minimum absolute atomic E-state index is 0. The van der Waals surface area contributed by atoms with Gasteiger partial charge in [0.05, 0.1) is 23.1 Å². The van der Waals surface area contributed by atoms with E-state index >= 15 is 0 Å². The van der Waals surface area contributed by atoms with Crippen LogP contribution in [0.15, 0.2) is 30.5 Å². The molecule has 2 aromatic heterocycles. The fourth-order valence-electron chi connectivity index (χ4n) is 3.14. The quantitative estimate of drug-likeness (QED) is 0.605. The smallest absolute Gasteiger partial charge is 0.241 e. The molecule has 7 heteroatoms. The third-order valence-electron chi connectivity index (χ3n) is 4.98. The van der Waals surface area contributed by atoms with Crippen LogP contribution in [0.25, 0.3) is 5.65 Å². The molecule has 1 amide bonds. The molecule has 0 aliphatic carbocycles. The van der Waals surface area contributed by atoms with Crippen LogP contribution in [0.4, 0.5) is 11.4 Å². The molecule has 0 saturated heterocycles. The summed E-state index contributed by atoms with van der Waals surface area (Å²) < 4.78 is 2.00. The van der Waals surface area contributed by atoms with Crippen LogP contribution in [0.2, 0.25) is 0 Å². The highest BCUT2D eigenvalue weighted by molar-refractivity contribution is 5.95. The maximum Gasteiger partial charge on any atom is 0.241 e. The highest BCUT2D eigenvalue weighted by Crippen LogP contribution is 2.26. The Bertz CT molecular complexity index is 989. The van der Waals surface area contributed by atoms with E-state index in [0.29, 0.717) is 12.2 Å². The number of carbonyl (C=O) groups is 1. The molecule has 0 aliphatic heterocycles. The van der Waals surface area contributed by atoms with Crippen molar-refractivity contribution in [3.05, 3.63) is 58.5 Å². The molecule has 0 radical (unpaired) electrons. The Morgan fingerprint density at radius 2 is 1.86 bits per heavy atom. The van der Waals surface area contributed by atoms with Crippen molar-refractivity contribution in [3.8, 4) is 0 Å². The fourth-order valence-corrected chi connectivity index (χ4v) is 3.14. The van der Waals surface area contributed by atoms with E-state index in [-0.39, 0.29) is 18.3 Å². The first-order valence-electron chi connectivity index (χ1n) is 9.12. The van der Waals surface area contributed by atoms with Gasteiger partial charge in [-0.05, 0) is 57.4 Å². The molecular formula is C21H28ClN5O. The number of amides is 1. The minimum Gasteiger partial charge on any atom is -0.378 e. The lowest BCUT2D eigenvalue weighted by Crippen LogP contribution is -2.32. The van der Waals surface area contributed by atoms with Gasteiger partial charge in [-0.25, -0.2) is 4.98 Å². The molecule has 150 valence electrons. The third-order valence-corrected chi connectivity index (χ3v) is 4.98. The third kappa shape index (κ3) is 4.29. The molecule has 0 spiro atoms. The first-order valence-corrected chi connectivity index (χ1v) is 9.12. The largest absolute Gasteiger partial charge is 0.378 e. The second kappa shape index (κ2) is 8.63. The zero-order chi connectivity index (χ0) is 19.7. The van der Waals surface area contributed by atoms with E-state index < -0.39 is 6.04 Å². The average Bonchev–Trinajstić information content (AvgIpc) is 2.89. The van der Waals surface area contributed by atoms with Crippen LogP contribution >= 0.6 is 12.4 Å². The number of fused-ring (bicyclic) bond motifs is 1. The van der Waals surface area contributed by atoms with Crippen molar-refractivity contribution < 1.29 is 4.79 Å². The molecule has 0 fully saturated rings. The summed E-state index contributed by atoms with van der Waals surface area (Å²) >= 11 is 0. The molecular weight excluding hydrogens is 374 g/mol. The fraction of sp³-hybridized carbons (Fsp3) is 0.333. The van der Waals surface area contributed by atoms with E-state index in [1.807, 2.05) is 30.5 Å². The Balaban J connectivity index is 0.00000280. The molecule has 2 heterocycles. The average molecular weight is 402 g/mol. The van der Waals surface area contributed by atoms with Crippen LogP contribution in [-0.2, 0) is 11.3 Å². The lowest BCUT2D eigenvalue weighted by molar-refractivity contribution is -0.117. The van der Waals surface area contributed by atoms with Crippen molar-refractivity contribution in [2.24, 2.45) is 5.73 Å². The number of nitrogens with one attached hydrogen (secondary N) is 2. The number of imidazole rings is 1. The SMILES string of the molecule is Cc1cccc(C)c1CNc1cc(NC(=O)[C@@H](C)N)cn2c(C)c(C)nc12.Cl. The topological polar surface area (TPSA) is 84.4 Å². The van der Waals surface area contributed by atoms with Crippen molar-refractivity contribution in [1.29, 1.82) is 0 Å². The molecule has 0 bridgehead atoms. The highest BCUT2D eigenvalue weighted by atomic mass is 35.5. The molecule has 3 aromatic rings. The molecule has 0 saturated carbocycles. The van der Waals surface area contributed by atoms with Crippen molar-refractivity contribution in [3.63, 3.8) is 0 Å². The number of nitrogens with zero attached hydrogens (tertiary/aromatic N) is 2. The second-order valence-corrected chi connectivity index (χ2v) is 7.12. The number of carbonyl (C=O) groups excluding carboxylic acids is 1. The van der Waals surface area contributed by atoms with Gasteiger partial charge in [-0.3, -0.25) is 4.79 Å². The lowest BCUT2D eigenvalue weighted by Gasteiger charge is -2.15. The van der Waals surface area contributed by atoms with Crippen molar-refractivity contribution in [2.75, 3.05) is 10.6 Å². The number of benzene rings is 1. The number of aryl methyl sites for hydroxylation is 4. The van der Waals surface area contributed by atoms with Crippen LogP contribution in [0, 0.1) is 27.7 Å². The number of rotatable bonds is 5. The lowest BCUT2D eigenvalue weighted by atomic mass is 10.0. The van der Waals surface area contributed by atoms with Gasteiger partial charge in [-0.2, -0.15) is 0 Å². The number of aromatic nitrogens is 2. The summed E-state index contributed by atoms with van der Waals surface area (Å²) in [7, 11) is 0. The summed E-state index contributed by atoms with van der Waals surface area (Å²) in [6.45, 7) is 10.6. The van der Waals surface area contributed by atoms with Crippen LogP contribution in [0.1, 0.15) is 35.0 Å². The summed E-state index contributed by atoms with van der Waals surface area (Å²) in [6.07, 6.45) is 1.88. The first kappa shape index (κ1) is 21.7. The van der Waals surface area contributed by atoms with Gasteiger partial charge < -0.3 is 20.8 Å². The van der Waals surface area contributed by atoms with Crippen LogP contribution in [-0.4, -0.2) is 21.3 Å². The van der Waals surface area contributed by atoms with Gasteiger partial charge in [0.15, 0.2) is 5.65 Å². The molecule has 6 nitrogen and oxygen atoms in total. The number of hydrogen-bond donors (Lipinski definition) is 3. The molecule has 4 N–H and O–H groups in total. The summed E-state index contributed by atoms with van der Waals surface area (Å²) in [5.41, 5.74) is 13.8. The summed E-state index contributed by atoms with van der Waals surface area (Å²) in [5.74, 6) is -0.218. The van der Waals surface area contributed by atoms with Crippen LogP contribution in [0.3, 0.4) is 0 Å². The Kier molecular flexibility index (Phi) is 6.69. The minimum atomic E-state index is -0.572. The monoisotopic (exact) mass is 401 g/mol. The van der Waals surface area contributed by atoms with E-state index in [1.165, 1.54) is 16.7 Å². The molecule has 1 aromatic carbocycles. The summed E-state index contributed by atoms with van der Waals surface area (Å²) in [4.78, 5) is 16.7. The molecule has 0 aliphatic rings. The van der Waals surface area contributed by atoms with Crippen LogP contribution < -0.4 is 16.4 Å². The van der Waals surface area contributed by atoms with Gasteiger partial charge in [0.1, 0.15) is 0 Å². The van der Waals surface area contributed by atoms with Crippen molar-refractivity contribution >= 4 is 35.3 Å². The van der Waals surface area contributed by atoms with Crippen molar-refractivity contribution in [2.45, 2.75) is 47.2 Å². The Hall–Kier alpha value is -2.57. The normalized spacial score (nSPS) is 11.8. The van der Waals surface area contributed by atoms with E-state index in [9.17, 15) is 4.79 Å². The highest BCUT2D eigenvalue weighted by Gasteiger charge is 2.14. The van der Waals surface area contributed by atoms with E-state index in [0.717, 1.165) is 22.7 Å². The van der Waals surface area contributed by atoms with Gasteiger partial charge in [0.2, 0.25) is 5.91 Å². The Morgan fingerprint density at radius 3 is 2.46 bits per heavy atom. The van der Waals surface area contributed by atoms with Gasteiger partial charge in [-0.15, -0.1) is 12.4 Å². The maximum absolute atomic E-state index is 12.0. The van der Waals surface area contributed by atoms with E-state index in [4.69, 9.17) is 5.73 Å². The first-order chi connectivity index (χ1) is 12.8. The van der Waals surface area contributed by atoms with Gasteiger partial charge in [-0.1, -0.05) is 18.2 Å². The number of pyridine rings is 1. The Morgan fingerprint density at radius 1 is 1.21 bits per heavy atom. The second-order valence-electron chi connectivity index (χ2n) is 7.12. The van der Waals surface area contributed by atoms with Gasteiger partial charge >= 0.3 is 0 Å². The van der Waals surface area contributed by atoms with Gasteiger partial charge in [0, 0.05) is 18.4 Å². The maximum atomic E-state index is 12.0. The zero-order valence-corrected chi connectivity index (χ0v) is 17.8. The Labute approximate surface area is 172 Å². The number of nitrogens with two attached hydrogens (primary N) is 1. The van der Waals surface area contributed by atoms with E-state index in [2.05, 4.69) is 47.7 Å². The van der Waals surface area contributed by atoms with Crippen LogP contribution in [0.5, 0.6) is 0 Å². The predicted octanol–water partition coefficient (Wildman–Crippen LogP) is 3.89. The molecule has 0 unspecified atom stereocenters. The molecule has 3 rings (SSSR count). The summed E-state index contributed by atoms with van der Waals surface area (Å²) in [5, 5.41) is 6.38. The molecule has 28 heavy (non-hydrogen) atoms. The van der Waals surface area contributed by atoms with E-state index in [1.54, 1.807) is 6.92 Å². The number of halogens is 1. The summed E-state index contributed by atoms with van der Waals surface area (Å²) in [6, 6.07) is 7.63. The molecule has 1 atom stereocenters. The standard InChI is InChI=1S/C21H27N5O.ClH/c1-12-7-6-8-13(2)18(12)10-23-19-9-17(25-21(27)14(3)22)11-26-16(5)15(4)24-20(19)26;/h6-9,11,14,23H,10,22H2,1-5H3,(H,25,27);1H/t14-;/m1./s1. The van der Waals surface area contributed by atoms with Crippen molar-refractivity contribution in [1.82, 2.24) is 9.38 Å². The predicted molar refractivity (Wildman–Crippen MR) is 117 cm³/mol.